The van der Waals surface area contributed by atoms with Gasteiger partial charge in [0.15, 0.2) is 0 Å². The molecular formula is C7H9NO. The normalized spacial score (nSPS) is 9.44. The van der Waals surface area contributed by atoms with E-state index in [1.807, 2.05) is 18.5 Å². The van der Waals surface area contributed by atoms with Crippen molar-refractivity contribution in [1.82, 2.24) is 4.98 Å². The summed E-state index contributed by atoms with van der Waals surface area (Å²) < 4.78 is 0. The lowest BCUT2D eigenvalue weighted by atomic mass is 10.2. The van der Waals surface area contributed by atoms with Gasteiger partial charge in [0.05, 0.1) is 0 Å². The summed E-state index contributed by atoms with van der Waals surface area (Å²) in [5, 5.41) is 0. The molecule has 1 N–H and O–H groups in total. The summed E-state index contributed by atoms with van der Waals surface area (Å²) in [7, 11) is 0. The maximum atomic E-state index is 10.5. The van der Waals surface area contributed by atoms with Crippen molar-refractivity contribution >= 4 is 5.78 Å². The first-order chi connectivity index (χ1) is 4.29. The summed E-state index contributed by atoms with van der Waals surface area (Å²) in [5.74, 6) is 0.203. The van der Waals surface area contributed by atoms with E-state index < -0.39 is 0 Å². The molecule has 0 aliphatic heterocycles. The lowest BCUT2D eigenvalue weighted by molar-refractivity contribution is -0.116. The van der Waals surface area contributed by atoms with E-state index in [0.717, 1.165) is 5.56 Å². The van der Waals surface area contributed by atoms with Crippen molar-refractivity contribution in [2.24, 2.45) is 0 Å². The number of aromatic amines is 1. The van der Waals surface area contributed by atoms with Gasteiger partial charge in [0.25, 0.3) is 0 Å². The summed E-state index contributed by atoms with van der Waals surface area (Å²) in [6.07, 6.45) is 4.20. The molecular weight excluding hydrogens is 114 g/mol. The summed E-state index contributed by atoms with van der Waals surface area (Å²) in [5.41, 5.74) is 1.06. The van der Waals surface area contributed by atoms with Crippen LogP contribution in [0.5, 0.6) is 0 Å². The maximum Gasteiger partial charge on any atom is 0.134 e. The van der Waals surface area contributed by atoms with Crippen molar-refractivity contribution < 1.29 is 4.79 Å². The van der Waals surface area contributed by atoms with Gasteiger partial charge in [0.2, 0.25) is 0 Å². The second-order valence-electron chi connectivity index (χ2n) is 2.10. The molecule has 0 spiro atoms. The third kappa shape index (κ3) is 1.72. The fourth-order valence-electron chi connectivity index (χ4n) is 0.756. The maximum absolute atomic E-state index is 10.5. The van der Waals surface area contributed by atoms with Crippen LogP contribution >= 0.6 is 0 Å². The molecule has 1 aromatic rings. The predicted molar refractivity (Wildman–Crippen MR) is 35.2 cm³/mol. The Labute approximate surface area is 53.9 Å². The molecule has 9 heavy (non-hydrogen) atoms. The first-order valence-electron chi connectivity index (χ1n) is 2.90. The fraction of sp³-hybridized carbons (Fsp3) is 0.286. The fourth-order valence-corrected chi connectivity index (χ4v) is 0.756. The van der Waals surface area contributed by atoms with E-state index in [-0.39, 0.29) is 5.78 Å². The predicted octanol–water partition coefficient (Wildman–Crippen LogP) is 1.15. The number of aromatic nitrogens is 1. The smallest absolute Gasteiger partial charge is 0.134 e. The quantitative estimate of drug-likeness (QED) is 0.628. The van der Waals surface area contributed by atoms with Crippen molar-refractivity contribution in [3.63, 3.8) is 0 Å². The number of Topliss-reactive ketones (excluding diaryl/α,β-unsaturated/α-hetero) is 1. The molecule has 0 bridgehead atoms. The zero-order valence-electron chi connectivity index (χ0n) is 5.35. The molecule has 2 nitrogen and oxygen atoms in total. The van der Waals surface area contributed by atoms with Gasteiger partial charge in [-0.3, -0.25) is 4.79 Å². The molecule has 1 heterocycles. The SMILES string of the molecule is CC(=O)Cc1cc[nH]c1. The largest absolute Gasteiger partial charge is 0.367 e. The number of nitrogens with one attached hydrogen (secondary N) is 1. The van der Waals surface area contributed by atoms with Crippen LogP contribution in [-0.4, -0.2) is 10.8 Å². The molecule has 0 amide bonds. The van der Waals surface area contributed by atoms with Crippen molar-refractivity contribution in [2.75, 3.05) is 0 Å². The number of carbonyl (C=O) groups excluding carboxylic acids is 1. The molecule has 48 valence electrons. The second kappa shape index (κ2) is 2.49. The number of H-pyrrole nitrogens is 1. The number of rotatable bonds is 2. The minimum atomic E-state index is 0.203. The van der Waals surface area contributed by atoms with E-state index in [4.69, 9.17) is 0 Å². The van der Waals surface area contributed by atoms with Gasteiger partial charge < -0.3 is 4.98 Å². The molecule has 0 fully saturated rings. The topological polar surface area (TPSA) is 32.9 Å². The first kappa shape index (κ1) is 6.08. The molecule has 0 aliphatic carbocycles. The lowest BCUT2D eigenvalue weighted by Crippen LogP contribution is -1.93. The van der Waals surface area contributed by atoms with Crippen molar-refractivity contribution in [3.05, 3.63) is 24.0 Å². The Bertz CT molecular complexity index is 189. The van der Waals surface area contributed by atoms with Crippen molar-refractivity contribution in [1.29, 1.82) is 0 Å². The Morgan fingerprint density at radius 3 is 3.00 bits per heavy atom. The summed E-state index contributed by atoms with van der Waals surface area (Å²) >= 11 is 0. The van der Waals surface area contributed by atoms with E-state index >= 15 is 0 Å². The molecule has 1 aromatic heterocycles. The van der Waals surface area contributed by atoms with E-state index in [9.17, 15) is 4.79 Å². The average Bonchev–Trinajstić information content (AvgIpc) is 2.15. The highest BCUT2D eigenvalue weighted by Crippen LogP contribution is 1.96. The van der Waals surface area contributed by atoms with Gasteiger partial charge >= 0.3 is 0 Å². The average molecular weight is 123 g/mol. The van der Waals surface area contributed by atoms with E-state index in [0.29, 0.717) is 6.42 Å². The molecule has 0 aromatic carbocycles. The van der Waals surface area contributed by atoms with Crippen LogP contribution in [0.3, 0.4) is 0 Å². The van der Waals surface area contributed by atoms with E-state index in [2.05, 4.69) is 4.98 Å². The molecule has 0 aliphatic rings. The van der Waals surface area contributed by atoms with Crippen LogP contribution in [0.1, 0.15) is 12.5 Å². The van der Waals surface area contributed by atoms with Crippen molar-refractivity contribution in [2.45, 2.75) is 13.3 Å². The molecule has 1 rings (SSSR count). The lowest BCUT2D eigenvalue weighted by Gasteiger charge is -1.86. The standard InChI is InChI=1S/C7H9NO/c1-6(9)4-7-2-3-8-5-7/h2-3,5,8H,4H2,1H3. The highest BCUT2D eigenvalue weighted by atomic mass is 16.1. The highest BCUT2D eigenvalue weighted by molar-refractivity contribution is 5.78. The van der Waals surface area contributed by atoms with Crippen LogP contribution in [0.4, 0.5) is 0 Å². The minimum Gasteiger partial charge on any atom is -0.367 e. The van der Waals surface area contributed by atoms with Crippen LogP contribution in [0.25, 0.3) is 0 Å². The molecule has 0 unspecified atom stereocenters. The number of ketones is 1. The Morgan fingerprint density at radius 1 is 1.78 bits per heavy atom. The Kier molecular flexibility index (Phi) is 1.68. The third-order valence-electron chi connectivity index (χ3n) is 1.12. The summed E-state index contributed by atoms with van der Waals surface area (Å²) in [6, 6.07) is 1.90. The number of hydrogen-bond acceptors (Lipinski definition) is 1. The van der Waals surface area contributed by atoms with Gasteiger partial charge in [-0.2, -0.15) is 0 Å². The highest BCUT2D eigenvalue weighted by Gasteiger charge is 1.94. The molecule has 0 atom stereocenters. The zero-order valence-corrected chi connectivity index (χ0v) is 5.35. The van der Waals surface area contributed by atoms with Crippen LogP contribution < -0.4 is 0 Å². The first-order valence-corrected chi connectivity index (χ1v) is 2.90. The molecule has 0 saturated heterocycles. The van der Waals surface area contributed by atoms with E-state index in [1.54, 1.807) is 6.92 Å². The van der Waals surface area contributed by atoms with Gasteiger partial charge in [-0.1, -0.05) is 0 Å². The minimum absolute atomic E-state index is 0.203. The summed E-state index contributed by atoms with van der Waals surface area (Å²) in [4.78, 5) is 13.4. The number of hydrogen-bond donors (Lipinski definition) is 1. The number of carbonyl (C=O) groups is 1. The van der Waals surface area contributed by atoms with Gasteiger partial charge in [-0.15, -0.1) is 0 Å². The molecule has 0 saturated carbocycles. The zero-order chi connectivity index (χ0) is 6.69. The van der Waals surface area contributed by atoms with Crippen LogP contribution in [0, 0.1) is 0 Å². The Hall–Kier alpha value is -1.05. The van der Waals surface area contributed by atoms with Crippen LogP contribution in [0.2, 0.25) is 0 Å². The van der Waals surface area contributed by atoms with Gasteiger partial charge in [0, 0.05) is 18.8 Å². The molecule has 0 radical (unpaired) electrons. The van der Waals surface area contributed by atoms with Gasteiger partial charge in [0.1, 0.15) is 5.78 Å². The van der Waals surface area contributed by atoms with Gasteiger partial charge in [-0.05, 0) is 18.6 Å². The van der Waals surface area contributed by atoms with E-state index in [1.165, 1.54) is 0 Å². The van der Waals surface area contributed by atoms with Crippen LogP contribution in [0.15, 0.2) is 18.5 Å². The monoisotopic (exact) mass is 123 g/mol. The van der Waals surface area contributed by atoms with Crippen LogP contribution in [-0.2, 0) is 11.2 Å². The Morgan fingerprint density at radius 2 is 2.56 bits per heavy atom. The van der Waals surface area contributed by atoms with Gasteiger partial charge in [-0.25, -0.2) is 0 Å². The van der Waals surface area contributed by atoms with Crippen molar-refractivity contribution in [3.8, 4) is 0 Å². The molecule has 2 heteroatoms. The second-order valence-corrected chi connectivity index (χ2v) is 2.10. The third-order valence-corrected chi connectivity index (χ3v) is 1.12. The Balaban J connectivity index is 2.58. The summed E-state index contributed by atoms with van der Waals surface area (Å²) in [6.45, 7) is 1.59.